The van der Waals surface area contributed by atoms with Crippen molar-refractivity contribution < 1.29 is 9.53 Å². The molecule has 4 rings (SSSR count). The van der Waals surface area contributed by atoms with Crippen molar-refractivity contribution in [1.82, 2.24) is 14.5 Å². The number of thiol groups is 1. The van der Waals surface area contributed by atoms with Gasteiger partial charge in [0.25, 0.3) is 0 Å². The van der Waals surface area contributed by atoms with Crippen LogP contribution in [0.5, 0.6) is 5.75 Å². The van der Waals surface area contributed by atoms with Gasteiger partial charge >= 0.3 is 0 Å². The standard InChI is InChI=1S/C23H32N4O2S/c1-15-7-3-4-8-16(15)21-22-25-19(17-9-5-6-10-20(17)29-2)13-26(22)11-12-27(21)23(28)18(24)14-30/h5-6,9-10,13,15-16,18,21,30H,3-4,7-8,11-12,14,24H2,1-2H3/t15?,16?,18-,21?/m0/s1. The Morgan fingerprint density at radius 2 is 2.07 bits per heavy atom. The van der Waals surface area contributed by atoms with Crippen LogP contribution in [0.25, 0.3) is 11.3 Å². The van der Waals surface area contributed by atoms with Crippen LogP contribution in [0.15, 0.2) is 30.5 Å². The summed E-state index contributed by atoms with van der Waals surface area (Å²) >= 11 is 4.27. The number of rotatable bonds is 5. The van der Waals surface area contributed by atoms with E-state index in [2.05, 4.69) is 30.3 Å². The van der Waals surface area contributed by atoms with Gasteiger partial charge in [0, 0.05) is 30.6 Å². The van der Waals surface area contributed by atoms with Gasteiger partial charge in [0.1, 0.15) is 11.6 Å². The second-order valence-corrected chi connectivity index (χ2v) is 8.93. The first-order chi connectivity index (χ1) is 14.5. The number of hydrogen-bond donors (Lipinski definition) is 2. The highest BCUT2D eigenvalue weighted by Gasteiger charge is 2.42. The molecule has 7 heteroatoms. The third-order valence-electron chi connectivity index (χ3n) is 6.75. The lowest BCUT2D eigenvalue weighted by molar-refractivity contribution is -0.138. The number of fused-ring (bicyclic) bond motifs is 1. The van der Waals surface area contributed by atoms with Crippen molar-refractivity contribution in [1.29, 1.82) is 0 Å². The van der Waals surface area contributed by atoms with Crippen molar-refractivity contribution in [2.45, 2.75) is 51.2 Å². The maximum absolute atomic E-state index is 13.2. The minimum atomic E-state index is -0.579. The molecule has 1 amide bonds. The third kappa shape index (κ3) is 3.85. The van der Waals surface area contributed by atoms with Crippen LogP contribution in [-0.4, -0.2) is 45.8 Å². The monoisotopic (exact) mass is 428 g/mol. The molecule has 2 heterocycles. The van der Waals surface area contributed by atoms with Gasteiger partial charge in [-0.2, -0.15) is 12.6 Å². The summed E-state index contributed by atoms with van der Waals surface area (Å²) in [7, 11) is 1.68. The van der Waals surface area contributed by atoms with Gasteiger partial charge in [-0.15, -0.1) is 0 Å². The fourth-order valence-electron chi connectivity index (χ4n) is 5.10. The molecule has 1 fully saturated rings. The smallest absolute Gasteiger partial charge is 0.241 e. The van der Waals surface area contributed by atoms with E-state index in [9.17, 15) is 4.79 Å². The van der Waals surface area contributed by atoms with Crippen LogP contribution in [0.1, 0.15) is 44.5 Å². The van der Waals surface area contributed by atoms with Crippen LogP contribution in [0.2, 0.25) is 0 Å². The first kappa shape index (κ1) is 21.2. The molecule has 1 aliphatic heterocycles. The Balaban J connectivity index is 1.77. The number of amides is 1. The predicted molar refractivity (Wildman–Crippen MR) is 122 cm³/mol. The van der Waals surface area contributed by atoms with Gasteiger partial charge in [-0.3, -0.25) is 4.79 Å². The lowest BCUT2D eigenvalue weighted by Crippen LogP contribution is -2.52. The molecule has 1 aromatic carbocycles. The number of benzene rings is 1. The number of aromatic nitrogens is 2. The van der Waals surface area contributed by atoms with E-state index in [-0.39, 0.29) is 11.9 Å². The molecule has 1 aliphatic carbocycles. The van der Waals surface area contributed by atoms with E-state index >= 15 is 0 Å². The number of nitrogens with zero attached hydrogens (tertiary/aromatic N) is 3. The molecular weight excluding hydrogens is 396 g/mol. The quantitative estimate of drug-likeness (QED) is 0.715. The first-order valence-corrected chi connectivity index (χ1v) is 11.6. The van der Waals surface area contributed by atoms with Crippen molar-refractivity contribution in [3.63, 3.8) is 0 Å². The molecule has 0 radical (unpaired) electrons. The molecule has 2 N–H and O–H groups in total. The fourth-order valence-corrected chi connectivity index (χ4v) is 5.26. The average molecular weight is 429 g/mol. The minimum Gasteiger partial charge on any atom is -0.496 e. The largest absolute Gasteiger partial charge is 0.496 e. The second-order valence-electron chi connectivity index (χ2n) is 8.57. The van der Waals surface area contributed by atoms with Gasteiger partial charge in [0.15, 0.2) is 0 Å². The Morgan fingerprint density at radius 3 is 2.80 bits per heavy atom. The summed E-state index contributed by atoms with van der Waals surface area (Å²) in [5.41, 5.74) is 7.98. The minimum absolute atomic E-state index is 0.0131. The van der Waals surface area contributed by atoms with Crippen molar-refractivity contribution in [3.05, 3.63) is 36.3 Å². The summed E-state index contributed by atoms with van der Waals surface area (Å²) in [6.45, 7) is 3.69. The predicted octanol–water partition coefficient (Wildman–Crippen LogP) is 3.53. The Kier molecular flexibility index (Phi) is 6.39. The Hall–Kier alpha value is -1.99. The Morgan fingerprint density at radius 1 is 1.30 bits per heavy atom. The SMILES string of the molecule is COc1ccccc1-c1cn2c(n1)C(C1CCCCC1C)N(C(=O)[C@@H](N)CS)CC2. The number of hydrogen-bond acceptors (Lipinski definition) is 5. The lowest BCUT2D eigenvalue weighted by atomic mass is 9.75. The van der Waals surface area contributed by atoms with E-state index in [4.69, 9.17) is 15.5 Å². The summed E-state index contributed by atoms with van der Waals surface area (Å²) in [5.74, 6) is 3.05. The van der Waals surface area contributed by atoms with Crippen LogP contribution in [0.4, 0.5) is 0 Å². The maximum atomic E-state index is 13.2. The zero-order valence-electron chi connectivity index (χ0n) is 17.8. The third-order valence-corrected chi connectivity index (χ3v) is 7.15. The average Bonchev–Trinajstić information content (AvgIpc) is 3.22. The number of nitrogens with two attached hydrogens (primary N) is 1. The van der Waals surface area contributed by atoms with Crippen LogP contribution < -0.4 is 10.5 Å². The van der Waals surface area contributed by atoms with Crippen molar-refractivity contribution in [3.8, 4) is 17.0 Å². The van der Waals surface area contributed by atoms with E-state index in [0.717, 1.165) is 35.8 Å². The molecule has 162 valence electrons. The lowest BCUT2D eigenvalue weighted by Gasteiger charge is -2.44. The summed E-state index contributed by atoms with van der Waals surface area (Å²) in [5, 5.41) is 0. The van der Waals surface area contributed by atoms with Crippen LogP contribution in [0.3, 0.4) is 0 Å². The van der Waals surface area contributed by atoms with E-state index < -0.39 is 6.04 Å². The molecule has 4 atom stereocenters. The van der Waals surface area contributed by atoms with Gasteiger partial charge in [0.05, 0.1) is 24.9 Å². The molecular formula is C23H32N4O2S. The number of carbonyl (C=O) groups excluding carboxylic acids is 1. The molecule has 2 aliphatic rings. The molecule has 2 aromatic rings. The number of ether oxygens (including phenoxy) is 1. The Labute approximate surface area is 184 Å². The molecule has 6 nitrogen and oxygen atoms in total. The molecule has 0 bridgehead atoms. The summed E-state index contributed by atoms with van der Waals surface area (Å²) in [4.78, 5) is 20.2. The highest BCUT2D eigenvalue weighted by molar-refractivity contribution is 7.80. The van der Waals surface area contributed by atoms with Crippen LogP contribution in [0, 0.1) is 11.8 Å². The van der Waals surface area contributed by atoms with Crippen LogP contribution in [-0.2, 0) is 11.3 Å². The highest BCUT2D eigenvalue weighted by atomic mass is 32.1. The van der Waals surface area contributed by atoms with E-state index in [1.165, 1.54) is 19.3 Å². The molecule has 1 saturated carbocycles. The summed E-state index contributed by atoms with van der Waals surface area (Å²) in [6, 6.07) is 7.32. The van der Waals surface area contributed by atoms with Gasteiger partial charge in [-0.25, -0.2) is 4.98 Å². The summed E-state index contributed by atoms with van der Waals surface area (Å²) in [6.07, 6.45) is 6.88. The number of para-hydroxylation sites is 1. The number of carbonyl (C=O) groups is 1. The topological polar surface area (TPSA) is 73.4 Å². The van der Waals surface area contributed by atoms with E-state index in [1.54, 1.807) is 7.11 Å². The van der Waals surface area contributed by atoms with Gasteiger partial charge in [-0.1, -0.05) is 38.3 Å². The second kappa shape index (κ2) is 9.02. The van der Waals surface area contributed by atoms with Gasteiger partial charge in [0.2, 0.25) is 5.91 Å². The van der Waals surface area contributed by atoms with Crippen LogP contribution >= 0.6 is 12.6 Å². The molecule has 0 spiro atoms. The molecule has 1 aromatic heterocycles. The van der Waals surface area contributed by atoms with E-state index in [1.807, 2.05) is 29.2 Å². The number of imidazole rings is 1. The van der Waals surface area contributed by atoms with Crippen molar-refractivity contribution >= 4 is 18.5 Å². The molecule has 0 saturated heterocycles. The Bertz CT molecular complexity index is 899. The van der Waals surface area contributed by atoms with Gasteiger partial charge < -0.3 is 19.9 Å². The van der Waals surface area contributed by atoms with Gasteiger partial charge in [-0.05, 0) is 30.4 Å². The zero-order valence-corrected chi connectivity index (χ0v) is 18.7. The van der Waals surface area contributed by atoms with E-state index in [0.29, 0.717) is 24.1 Å². The molecule has 3 unspecified atom stereocenters. The van der Waals surface area contributed by atoms with Crippen molar-refractivity contribution in [2.75, 3.05) is 19.4 Å². The zero-order chi connectivity index (χ0) is 21.3. The number of methoxy groups -OCH3 is 1. The fraction of sp³-hybridized carbons (Fsp3) is 0.565. The molecule has 30 heavy (non-hydrogen) atoms. The van der Waals surface area contributed by atoms with Crippen molar-refractivity contribution in [2.24, 2.45) is 17.6 Å². The maximum Gasteiger partial charge on any atom is 0.241 e. The first-order valence-electron chi connectivity index (χ1n) is 10.9. The summed E-state index contributed by atoms with van der Waals surface area (Å²) < 4.78 is 7.78. The normalized spacial score (nSPS) is 24.9. The highest BCUT2D eigenvalue weighted by Crippen LogP contribution is 2.44.